The molecule has 2 amide bonds. The number of amides is 2. The quantitative estimate of drug-likeness (QED) is 0.596. The Morgan fingerprint density at radius 3 is 2.86 bits per heavy atom. The van der Waals surface area contributed by atoms with Gasteiger partial charge in [-0.05, 0) is 42.7 Å². The van der Waals surface area contributed by atoms with E-state index in [9.17, 15) is 4.79 Å². The van der Waals surface area contributed by atoms with Crippen LogP contribution in [0, 0.1) is 11.8 Å². The maximum atomic E-state index is 11.6. The maximum absolute atomic E-state index is 11.6. The van der Waals surface area contributed by atoms with Crippen molar-refractivity contribution in [3.8, 4) is 11.8 Å². The van der Waals surface area contributed by atoms with Crippen molar-refractivity contribution in [2.45, 2.75) is 6.42 Å². The Morgan fingerprint density at radius 2 is 2.09 bits per heavy atom. The Bertz CT molecular complexity index is 675. The van der Waals surface area contributed by atoms with Crippen molar-refractivity contribution in [2.24, 2.45) is 0 Å². The van der Waals surface area contributed by atoms with Crippen LogP contribution in [0.4, 0.5) is 10.5 Å². The van der Waals surface area contributed by atoms with Crippen LogP contribution in [0.5, 0.6) is 0 Å². The molecule has 2 aromatic rings. The third kappa shape index (κ3) is 5.27. The Morgan fingerprint density at radius 1 is 1.18 bits per heavy atom. The second-order valence-corrected chi connectivity index (χ2v) is 4.50. The van der Waals surface area contributed by atoms with Gasteiger partial charge in [-0.15, -0.1) is 0 Å². The molecular weight excluding hydrogens is 278 g/mol. The van der Waals surface area contributed by atoms with Crippen LogP contribution in [0.1, 0.15) is 17.7 Å². The molecule has 0 saturated heterocycles. The predicted octanol–water partition coefficient (Wildman–Crippen LogP) is 1.99. The first-order valence-electron chi connectivity index (χ1n) is 6.97. The lowest BCUT2D eigenvalue weighted by Crippen LogP contribution is -2.29. The average Bonchev–Trinajstić information content (AvgIpc) is 2.54. The Labute approximate surface area is 129 Å². The normalized spacial score (nSPS) is 9.50. The summed E-state index contributed by atoms with van der Waals surface area (Å²) in [7, 11) is 0. The standard InChI is InChI=1S/C17H17N3O2/c21-12-4-11-19-17(22)20-16-7-3-5-14(13-16)8-9-15-6-1-2-10-18-15/h1-3,5-7,10,13,21H,4,11-12H2,(H2,19,20,22). The van der Waals surface area contributed by atoms with Gasteiger partial charge in [0, 0.05) is 30.6 Å². The highest BCUT2D eigenvalue weighted by Gasteiger charge is 2.00. The molecule has 0 fully saturated rings. The first-order valence-corrected chi connectivity index (χ1v) is 6.97. The topological polar surface area (TPSA) is 74.2 Å². The molecule has 5 nitrogen and oxygen atoms in total. The number of carbonyl (C=O) groups is 1. The third-order valence-electron chi connectivity index (χ3n) is 2.74. The van der Waals surface area contributed by atoms with Crippen LogP contribution >= 0.6 is 0 Å². The average molecular weight is 295 g/mol. The van der Waals surface area contributed by atoms with E-state index in [1.165, 1.54) is 0 Å². The van der Waals surface area contributed by atoms with Gasteiger partial charge in [-0.3, -0.25) is 0 Å². The van der Waals surface area contributed by atoms with Crippen LogP contribution in [0.2, 0.25) is 0 Å². The second kappa shape index (κ2) is 8.45. The molecule has 0 bridgehead atoms. The van der Waals surface area contributed by atoms with Gasteiger partial charge in [0.05, 0.1) is 0 Å². The summed E-state index contributed by atoms with van der Waals surface area (Å²) >= 11 is 0. The maximum Gasteiger partial charge on any atom is 0.319 e. The van der Waals surface area contributed by atoms with E-state index in [4.69, 9.17) is 5.11 Å². The molecule has 112 valence electrons. The van der Waals surface area contributed by atoms with E-state index in [1.54, 1.807) is 18.3 Å². The largest absolute Gasteiger partial charge is 0.396 e. The van der Waals surface area contributed by atoms with E-state index in [1.807, 2.05) is 30.3 Å². The molecule has 1 aromatic carbocycles. The number of carbonyl (C=O) groups excluding carboxylic acids is 1. The second-order valence-electron chi connectivity index (χ2n) is 4.50. The molecule has 0 atom stereocenters. The number of nitrogens with zero attached hydrogens (tertiary/aromatic N) is 1. The van der Waals surface area contributed by atoms with Crippen LogP contribution in [0.3, 0.4) is 0 Å². The number of anilines is 1. The number of rotatable bonds is 4. The molecule has 0 aliphatic rings. The summed E-state index contributed by atoms with van der Waals surface area (Å²) in [4.78, 5) is 15.8. The molecular formula is C17H17N3O2. The van der Waals surface area contributed by atoms with Gasteiger partial charge < -0.3 is 15.7 Å². The van der Waals surface area contributed by atoms with Crippen LogP contribution < -0.4 is 10.6 Å². The molecule has 22 heavy (non-hydrogen) atoms. The lowest BCUT2D eigenvalue weighted by atomic mass is 10.2. The fraction of sp³-hybridized carbons (Fsp3) is 0.176. The minimum Gasteiger partial charge on any atom is -0.396 e. The Kier molecular flexibility index (Phi) is 5.97. The predicted molar refractivity (Wildman–Crippen MR) is 85.4 cm³/mol. The number of pyridine rings is 1. The van der Waals surface area contributed by atoms with Gasteiger partial charge >= 0.3 is 6.03 Å². The van der Waals surface area contributed by atoms with Crippen LogP contribution in [-0.4, -0.2) is 29.3 Å². The Balaban J connectivity index is 1.98. The number of benzene rings is 1. The molecule has 2 rings (SSSR count). The van der Waals surface area contributed by atoms with E-state index < -0.39 is 0 Å². The summed E-state index contributed by atoms with van der Waals surface area (Å²) < 4.78 is 0. The molecule has 5 heteroatoms. The summed E-state index contributed by atoms with van der Waals surface area (Å²) in [5.74, 6) is 5.98. The lowest BCUT2D eigenvalue weighted by Gasteiger charge is -2.07. The van der Waals surface area contributed by atoms with Crippen molar-refractivity contribution < 1.29 is 9.90 Å². The highest BCUT2D eigenvalue weighted by atomic mass is 16.3. The first kappa shape index (κ1) is 15.5. The molecule has 3 N–H and O–H groups in total. The number of nitrogens with one attached hydrogen (secondary N) is 2. The Hall–Kier alpha value is -2.84. The van der Waals surface area contributed by atoms with Gasteiger partial charge in [0.25, 0.3) is 0 Å². The summed E-state index contributed by atoms with van der Waals surface area (Å²) in [5.41, 5.74) is 2.15. The fourth-order valence-corrected chi connectivity index (χ4v) is 1.70. The molecule has 1 heterocycles. The van der Waals surface area contributed by atoms with Gasteiger partial charge in [-0.2, -0.15) is 0 Å². The summed E-state index contributed by atoms with van der Waals surface area (Å²) in [5, 5.41) is 14.0. The van der Waals surface area contributed by atoms with E-state index in [-0.39, 0.29) is 12.6 Å². The highest BCUT2D eigenvalue weighted by molar-refractivity contribution is 5.89. The number of aliphatic hydroxyl groups excluding tert-OH is 1. The van der Waals surface area contributed by atoms with Gasteiger partial charge in [-0.1, -0.05) is 18.1 Å². The molecule has 0 aliphatic carbocycles. The number of hydrogen-bond donors (Lipinski definition) is 3. The van der Waals surface area contributed by atoms with E-state index >= 15 is 0 Å². The molecule has 0 spiro atoms. The SMILES string of the molecule is O=C(NCCCO)Nc1cccc(C#Cc2ccccn2)c1. The van der Waals surface area contributed by atoms with Crippen molar-refractivity contribution in [1.82, 2.24) is 10.3 Å². The number of hydrogen-bond acceptors (Lipinski definition) is 3. The van der Waals surface area contributed by atoms with Gasteiger partial charge in [0.15, 0.2) is 0 Å². The smallest absolute Gasteiger partial charge is 0.319 e. The van der Waals surface area contributed by atoms with Crippen molar-refractivity contribution in [3.63, 3.8) is 0 Å². The number of urea groups is 1. The molecule has 0 aliphatic heterocycles. The summed E-state index contributed by atoms with van der Waals surface area (Å²) in [6.07, 6.45) is 2.22. The van der Waals surface area contributed by atoms with E-state index in [0.717, 1.165) is 5.56 Å². The van der Waals surface area contributed by atoms with Crippen molar-refractivity contribution >= 4 is 11.7 Å². The number of aromatic nitrogens is 1. The fourth-order valence-electron chi connectivity index (χ4n) is 1.70. The zero-order valence-electron chi connectivity index (χ0n) is 12.0. The van der Waals surface area contributed by atoms with Crippen LogP contribution in [-0.2, 0) is 0 Å². The minimum atomic E-state index is -0.303. The van der Waals surface area contributed by atoms with Crippen molar-refractivity contribution in [3.05, 3.63) is 59.9 Å². The summed E-state index contributed by atoms with van der Waals surface area (Å²) in [6, 6.07) is 12.5. The molecule has 0 unspecified atom stereocenters. The van der Waals surface area contributed by atoms with Gasteiger partial charge in [0.1, 0.15) is 5.69 Å². The van der Waals surface area contributed by atoms with Crippen molar-refractivity contribution in [1.29, 1.82) is 0 Å². The van der Waals surface area contributed by atoms with Gasteiger partial charge in [-0.25, -0.2) is 9.78 Å². The number of aliphatic hydroxyl groups is 1. The zero-order chi connectivity index (χ0) is 15.6. The zero-order valence-corrected chi connectivity index (χ0v) is 12.0. The molecule has 0 radical (unpaired) electrons. The van der Waals surface area contributed by atoms with E-state index in [2.05, 4.69) is 27.5 Å². The minimum absolute atomic E-state index is 0.0544. The van der Waals surface area contributed by atoms with Gasteiger partial charge in [0.2, 0.25) is 0 Å². The first-order chi connectivity index (χ1) is 10.8. The summed E-state index contributed by atoms with van der Waals surface area (Å²) in [6.45, 7) is 0.486. The highest BCUT2D eigenvalue weighted by Crippen LogP contribution is 2.09. The molecule has 0 saturated carbocycles. The van der Waals surface area contributed by atoms with Crippen LogP contribution in [0.15, 0.2) is 48.7 Å². The lowest BCUT2D eigenvalue weighted by molar-refractivity contribution is 0.249. The van der Waals surface area contributed by atoms with Crippen molar-refractivity contribution in [2.75, 3.05) is 18.5 Å². The monoisotopic (exact) mass is 295 g/mol. The van der Waals surface area contributed by atoms with E-state index in [0.29, 0.717) is 24.3 Å². The third-order valence-corrected chi connectivity index (χ3v) is 2.74. The van der Waals surface area contributed by atoms with Crippen LogP contribution in [0.25, 0.3) is 0 Å². The molecule has 1 aromatic heterocycles.